The summed E-state index contributed by atoms with van der Waals surface area (Å²) < 4.78 is 0. The van der Waals surface area contributed by atoms with Crippen molar-refractivity contribution < 1.29 is 19.5 Å². The highest BCUT2D eigenvalue weighted by Gasteiger charge is 2.04. The lowest BCUT2D eigenvalue weighted by atomic mass is 10.2. The molecule has 0 rings (SSSR count). The van der Waals surface area contributed by atoms with Crippen LogP contribution in [-0.4, -0.2) is 29.4 Å². The van der Waals surface area contributed by atoms with Crippen LogP contribution in [0.25, 0.3) is 0 Å². The highest BCUT2D eigenvalue weighted by molar-refractivity contribution is 5.80. The number of nitrogens with one attached hydrogen (secondary N) is 1. The summed E-state index contributed by atoms with van der Waals surface area (Å²) >= 11 is 0. The first-order chi connectivity index (χ1) is 7.02. The molecule has 0 unspecified atom stereocenters. The molecular formula is C9H16N2O4. The molecule has 0 bridgehead atoms. The fourth-order valence-electron chi connectivity index (χ4n) is 0.961. The summed E-state index contributed by atoms with van der Waals surface area (Å²) in [6.07, 6.45) is 1.44. The number of hydrogen-bond donors (Lipinski definition) is 3. The Labute approximate surface area is 87.8 Å². The molecule has 0 fully saturated rings. The maximum Gasteiger partial charge on any atom is 0.303 e. The molecule has 0 heterocycles. The number of aliphatic carboxylic acids is 1. The first-order valence-electron chi connectivity index (χ1n) is 4.79. The zero-order valence-corrected chi connectivity index (χ0v) is 8.49. The summed E-state index contributed by atoms with van der Waals surface area (Å²) in [5.41, 5.74) is 4.92. The lowest BCUT2D eigenvalue weighted by molar-refractivity contribution is -0.138. The van der Waals surface area contributed by atoms with E-state index < -0.39 is 5.97 Å². The summed E-state index contributed by atoms with van der Waals surface area (Å²) in [5.74, 6) is -1.62. The molecule has 0 aliphatic rings. The molecule has 0 aliphatic heterocycles. The Bertz CT molecular complexity index is 240. The van der Waals surface area contributed by atoms with Crippen molar-refractivity contribution in [3.8, 4) is 0 Å². The van der Waals surface area contributed by atoms with Gasteiger partial charge in [-0.1, -0.05) is 0 Å². The fraction of sp³-hybridized carbons (Fsp3) is 0.667. The van der Waals surface area contributed by atoms with Gasteiger partial charge in [0.05, 0.1) is 6.42 Å². The molecule has 4 N–H and O–H groups in total. The van der Waals surface area contributed by atoms with E-state index in [2.05, 4.69) is 5.32 Å². The third kappa shape index (κ3) is 10.3. The van der Waals surface area contributed by atoms with Gasteiger partial charge in [0.15, 0.2) is 0 Å². The normalized spacial score (nSPS) is 9.60. The van der Waals surface area contributed by atoms with Crippen LogP contribution in [0.1, 0.15) is 32.1 Å². The second kappa shape index (κ2) is 7.78. The fourth-order valence-corrected chi connectivity index (χ4v) is 0.961. The average Bonchev–Trinajstić information content (AvgIpc) is 2.13. The highest BCUT2D eigenvalue weighted by atomic mass is 16.4. The van der Waals surface area contributed by atoms with Crippen molar-refractivity contribution in [1.29, 1.82) is 0 Å². The lowest BCUT2D eigenvalue weighted by Gasteiger charge is -2.02. The Morgan fingerprint density at radius 1 is 1.07 bits per heavy atom. The van der Waals surface area contributed by atoms with Crippen molar-refractivity contribution in [3.63, 3.8) is 0 Å². The van der Waals surface area contributed by atoms with Gasteiger partial charge in [0.1, 0.15) is 0 Å². The van der Waals surface area contributed by atoms with E-state index in [1.54, 1.807) is 0 Å². The number of amides is 2. The van der Waals surface area contributed by atoms with Gasteiger partial charge < -0.3 is 16.2 Å². The Morgan fingerprint density at radius 2 is 1.73 bits per heavy atom. The quantitative estimate of drug-likeness (QED) is 0.480. The summed E-state index contributed by atoms with van der Waals surface area (Å²) in [7, 11) is 0. The lowest BCUT2D eigenvalue weighted by Crippen LogP contribution is -2.25. The minimum absolute atomic E-state index is 0.00878. The van der Waals surface area contributed by atoms with Crippen LogP contribution >= 0.6 is 0 Å². The van der Waals surface area contributed by atoms with Crippen LogP contribution in [0.3, 0.4) is 0 Å². The smallest absolute Gasteiger partial charge is 0.303 e. The Balaban J connectivity index is 3.31. The van der Waals surface area contributed by atoms with Gasteiger partial charge in [-0.3, -0.25) is 14.4 Å². The molecule has 0 aromatic rings. The number of carboxylic acid groups (broad SMARTS) is 1. The second-order valence-electron chi connectivity index (χ2n) is 3.17. The number of hydrogen-bond acceptors (Lipinski definition) is 3. The van der Waals surface area contributed by atoms with E-state index in [9.17, 15) is 14.4 Å². The topological polar surface area (TPSA) is 109 Å². The minimum atomic E-state index is -0.987. The molecule has 0 aliphatic carbocycles. The van der Waals surface area contributed by atoms with Crippen molar-refractivity contribution in [1.82, 2.24) is 5.32 Å². The van der Waals surface area contributed by atoms with E-state index >= 15 is 0 Å². The van der Waals surface area contributed by atoms with Crippen LogP contribution in [0.5, 0.6) is 0 Å². The van der Waals surface area contributed by atoms with Crippen LogP contribution in [0, 0.1) is 0 Å². The molecule has 0 aromatic heterocycles. The SMILES string of the molecule is NC(=O)CCCCNC(=O)CCC(=O)O. The van der Waals surface area contributed by atoms with Crippen molar-refractivity contribution in [2.24, 2.45) is 5.73 Å². The predicted molar refractivity (Wildman–Crippen MR) is 52.9 cm³/mol. The van der Waals surface area contributed by atoms with Crippen LogP contribution in [-0.2, 0) is 14.4 Å². The van der Waals surface area contributed by atoms with Crippen molar-refractivity contribution in [2.75, 3.05) is 6.54 Å². The van der Waals surface area contributed by atoms with Gasteiger partial charge in [-0.05, 0) is 12.8 Å². The average molecular weight is 216 g/mol. The van der Waals surface area contributed by atoms with E-state index in [-0.39, 0.29) is 24.7 Å². The molecular weight excluding hydrogens is 200 g/mol. The van der Waals surface area contributed by atoms with Crippen LogP contribution < -0.4 is 11.1 Å². The monoisotopic (exact) mass is 216 g/mol. The number of rotatable bonds is 8. The minimum Gasteiger partial charge on any atom is -0.481 e. The summed E-state index contributed by atoms with van der Waals surface area (Å²) in [6.45, 7) is 0.450. The predicted octanol–water partition coefficient (Wildman–Crippen LogP) is -0.377. The number of carbonyl (C=O) groups excluding carboxylic acids is 2. The van der Waals surface area contributed by atoms with Gasteiger partial charge in [0.2, 0.25) is 11.8 Å². The largest absolute Gasteiger partial charge is 0.481 e. The summed E-state index contributed by atoms with van der Waals surface area (Å²) in [5, 5.41) is 10.9. The second-order valence-corrected chi connectivity index (χ2v) is 3.17. The standard InChI is InChI=1S/C9H16N2O4/c10-7(12)3-1-2-6-11-8(13)4-5-9(14)15/h1-6H2,(H2,10,12)(H,11,13)(H,14,15). The van der Waals surface area contributed by atoms with Crippen LogP contribution in [0.15, 0.2) is 0 Å². The molecule has 2 amide bonds. The molecule has 86 valence electrons. The first kappa shape index (κ1) is 13.4. The van der Waals surface area contributed by atoms with Gasteiger partial charge in [0.25, 0.3) is 0 Å². The van der Waals surface area contributed by atoms with Crippen LogP contribution in [0.4, 0.5) is 0 Å². The zero-order chi connectivity index (χ0) is 11.7. The third-order valence-corrected chi connectivity index (χ3v) is 1.74. The molecule has 0 saturated heterocycles. The Hall–Kier alpha value is -1.59. The zero-order valence-electron chi connectivity index (χ0n) is 8.49. The van der Waals surface area contributed by atoms with Gasteiger partial charge in [-0.2, -0.15) is 0 Å². The van der Waals surface area contributed by atoms with E-state index in [4.69, 9.17) is 10.8 Å². The van der Waals surface area contributed by atoms with Gasteiger partial charge in [-0.25, -0.2) is 0 Å². The van der Waals surface area contributed by atoms with Gasteiger partial charge in [0, 0.05) is 19.4 Å². The summed E-state index contributed by atoms with van der Waals surface area (Å²) in [4.78, 5) is 31.4. The molecule has 0 radical (unpaired) electrons. The molecule has 0 saturated carbocycles. The van der Waals surface area contributed by atoms with E-state index in [0.717, 1.165) is 0 Å². The maximum absolute atomic E-state index is 11.0. The molecule has 6 nitrogen and oxygen atoms in total. The maximum atomic E-state index is 11.0. The molecule has 0 atom stereocenters. The number of carboxylic acids is 1. The highest BCUT2D eigenvalue weighted by Crippen LogP contribution is 1.93. The number of unbranched alkanes of at least 4 members (excludes halogenated alkanes) is 1. The van der Waals surface area contributed by atoms with Crippen molar-refractivity contribution in [2.45, 2.75) is 32.1 Å². The van der Waals surface area contributed by atoms with Gasteiger partial charge in [-0.15, -0.1) is 0 Å². The molecule has 0 spiro atoms. The van der Waals surface area contributed by atoms with Crippen molar-refractivity contribution >= 4 is 17.8 Å². The molecule has 6 heteroatoms. The van der Waals surface area contributed by atoms with Gasteiger partial charge >= 0.3 is 5.97 Å². The Kier molecular flexibility index (Phi) is 6.96. The van der Waals surface area contributed by atoms with E-state index in [1.807, 2.05) is 0 Å². The number of nitrogens with two attached hydrogens (primary N) is 1. The number of primary amides is 1. The van der Waals surface area contributed by atoms with Crippen molar-refractivity contribution in [3.05, 3.63) is 0 Å². The first-order valence-corrected chi connectivity index (χ1v) is 4.79. The molecule has 0 aromatic carbocycles. The summed E-state index contributed by atoms with van der Waals surface area (Å²) in [6, 6.07) is 0. The third-order valence-electron chi connectivity index (χ3n) is 1.74. The Morgan fingerprint density at radius 3 is 2.27 bits per heavy atom. The van der Waals surface area contributed by atoms with E-state index in [0.29, 0.717) is 25.8 Å². The number of carbonyl (C=O) groups is 3. The van der Waals surface area contributed by atoms with E-state index in [1.165, 1.54) is 0 Å². The van der Waals surface area contributed by atoms with Crippen LogP contribution in [0.2, 0.25) is 0 Å². The molecule has 15 heavy (non-hydrogen) atoms.